The number of rotatable bonds is 8. The zero-order chi connectivity index (χ0) is 12.8. The standard InChI is InChI=1S/C7H14F2N2O3S2/c1-14-5-4-11(3-2-6(10)15)16(12,13)7(8)9/h7H,2-5H2,1H3,(H2,10,15). The Morgan fingerprint density at radius 1 is 1.50 bits per heavy atom. The molecule has 16 heavy (non-hydrogen) atoms. The van der Waals surface area contributed by atoms with Crippen molar-refractivity contribution >= 4 is 27.2 Å². The molecule has 0 atom stereocenters. The fraction of sp³-hybridized carbons (Fsp3) is 0.857. The Balaban J connectivity index is 4.59. The molecule has 0 spiro atoms. The molecular weight excluding hydrogens is 262 g/mol. The van der Waals surface area contributed by atoms with Gasteiger partial charge < -0.3 is 10.5 Å². The van der Waals surface area contributed by atoms with Crippen LogP contribution in [0.15, 0.2) is 0 Å². The number of alkyl halides is 2. The first-order valence-electron chi connectivity index (χ1n) is 4.36. The van der Waals surface area contributed by atoms with Gasteiger partial charge in [0, 0.05) is 26.6 Å². The summed E-state index contributed by atoms with van der Waals surface area (Å²) >= 11 is 4.55. The Hall–Kier alpha value is -0.380. The number of hydrogen-bond donors (Lipinski definition) is 1. The van der Waals surface area contributed by atoms with Crippen LogP contribution in [-0.4, -0.2) is 50.3 Å². The van der Waals surface area contributed by atoms with E-state index in [0.717, 1.165) is 0 Å². The minimum absolute atomic E-state index is 0.0310. The highest BCUT2D eigenvalue weighted by molar-refractivity contribution is 7.89. The molecule has 0 aliphatic heterocycles. The van der Waals surface area contributed by atoms with Gasteiger partial charge in [0.25, 0.3) is 10.0 Å². The molecule has 0 aromatic heterocycles. The third kappa shape index (κ3) is 5.10. The Kier molecular flexibility index (Phi) is 6.88. The van der Waals surface area contributed by atoms with E-state index in [4.69, 9.17) is 5.73 Å². The summed E-state index contributed by atoms with van der Waals surface area (Å²) in [5.74, 6) is -3.45. The number of ether oxygens (including phenoxy) is 1. The van der Waals surface area contributed by atoms with E-state index < -0.39 is 15.8 Å². The summed E-state index contributed by atoms with van der Waals surface area (Å²) in [6, 6.07) is 0. The molecule has 0 radical (unpaired) electrons. The van der Waals surface area contributed by atoms with Crippen LogP contribution in [-0.2, 0) is 14.8 Å². The molecule has 96 valence electrons. The largest absolute Gasteiger partial charge is 0.393 e. The lowest BCUT2D eigenvalue weighted by molar-refractivity contribution is 0.171. The third-order valence-corrected chi connectivity index (χ3v) is 3.48. The number of thiocarbonyl (C=S) groups is 1. The Labute approximate surface area is 98.6 Å². The molecule has 0 unspecified atom stereocenters. The van der Waals surface area contributed by atoms with E-state index in [-0.39, 0.29) is 31.1 Å². The first kappa shape index (κ1) is 15.6. The Morgan fingerprint density at radius 2 is 2.06 bits per heavy atom. The molecule has 0 aromatic rings. The summed E-state index contributed by atoms with van der Waals surface area (Å²) in [6.45, 7) is -0.277. The fourth-order valence-electron chi connectivity index (χ4n) is 0.907. The second kappa shape index (κ2) is 7.05. The average Bonchev–Trinajstić information content (AvgIpc) is 2.16. The van der Waals surface area contributed by atoms with E-state index in [1.807, 2.05) is 0 Å². The predicted octanol–water partition coefficient (Wildman–Crippen LogP) is 0.163. The molecule has 0 amide bonds. The van der Waals surface area contributed by atoms with Gasteiger partial charge in [-0.15, -0.1) is 0 Å². The van der Waals surface area contributed by atoms with Crippen molar-refractivity contribution in [1.29, 1.82) is 0 Å². The number of halogens is 2. The third-order valence-electron chi connectivity index (χ3n) is 1.74. The molecule has 0 bridgehead atoms. The molecule has 0 fully saturated rings. The van der Waals surface area contributed by atoms with Crippen molar-refractivity contribution < 1.29 is 21.9 Å². The van der Waals surface area contributed by atoms with Gasteiger partial charge in [-0.25, -0.2) is 8.42 Å². The van der Waals surface area contributed by atoms with E-state index in [1.54, 1.807) is 0 Å². The maximum absolute atomic E-state index is 12.3. The van der Waals surface area contributed by atoms with E-state index in [9.17, 15) is 17.2 Å². The normalized spacial score (nSPS) is 12.3. The van der Waals surface area contributed by atoms with Gasteiger partial charge in [-0.1, -0.05) is 12.2 Å². The Bertz CT molecular complexity index is 322. The zero-order valence-electron chi connectivity index (χ0n) is 8.73. The highest BCUT2D eigenvalue weighted by Gasteiger charge is 2.31. The molecule has 2 N–H and O–H groups in total. The molecule has 5 nitrogen and oxygen atoms in total. The van der Waals surface area contributed by atoms with Crippen LogP contribution in [0.1, 0.15) is 6.42 Å². The van der Waals surface area contributed by atoms with Crippen molar-refractivity contribution in [3.8, 4) is 0 Å². The molecule has 0 saturated carbocycles. The highest BCUT2D eigenvalue weighted by atomic mass is 32.2. The number of hydrogen-bond acceptors (Lipinski definition) is 4. The first-order valence-corrected chi connectivity index (χ1v) is 6.28. The lowest BCUT2D eigenvalue weighted by Gasteiger charge is -2.20. The van der Waals surface area contributed by atoms with Gasteiger partial charge in [-0.2, -0.15) is 13.1 Å². The lowest BCUT2D eigenvalue weighted by atomic mass is 10.4. The number of sulfonamides is 1. The molecule has 0 rings (SSSR count). The van der Waals surface area contributed by atoms with E-state index in [0.29, 0.717) is 4.31 Å². The summed E-state index contributed by atoms with van der Waals surface area (Å²) < 4.78 is 52.2. The van der Waals surface area contributed by atoms with Crippen molar-refractivity contribution in [2.24, 2.45) is 5.73 Å². The van der Waals surface area contributed by atoms with E-state index in [2.05, 4.69) is 17.0 Å². The van der Waals surface area contributed by atoms with Gasteiger partial charge in [0.05, 0.1) is 11.6 Å². The maximum Gasteiger partial charge on any atom is 0.350 e. The van der Waals surface area contributed by atoms with Crippen LogP contribution in [0.4, 0.5) is 8.78 Å². The van der Waals surface area contributed by atoms with Gasteiger partial charge in [-0.3, -0.25) is 0 Å². The lowest BCUT2D eigenvalue weighted by Crippen LogP contribution is -2.39. The first-order chi connectivity index (χ1) is 7.32. The smallest absolute Gasteiger partial charge is 0.350 e. The quantitative estimate of drug-likeness (QED) is 0.640. The summed E-state index contributed by atoms with van der Waals surface area (Å²) in [6.07, 6.45) is 0.0605. The van der Waals surface area contributed by atoms with Gasteiger partial charge in [0.15, 0.2) is 0 Å². The van der Waals surface area contributed by atoms with Gasteiger partial charge in [0.2, 0.25) is 0 Å². The summed E-state index contributed by atoms with van der Waals surface area (Å²) in [5, 5.41) is 0. The number of nitrogens with zero attached hydrogens (tertiary/aromatic N) is 1. The summed E-state index contributed by atoms with van der Waals surface area (Å²) in [5.41, 5.74) is 5.18. The second-order valence-corrected chi connectivity index (χ2v) is 5.34. The minimum Gasteiger partial charge on any atom is -0.393 e. The van der Waals surface area contributed by atoms with Crippen LogP contribution < -0.4 is 5.73 Å². The predicted molar refractivity (Wildman–Crippen MR) is 59.8 cm³/mol. The van der Waals surface area contributed by atoms with Crippen molar-refractivity contribution in [3.63, 3.8) is 0 Å². The van der Waals surface area contributed by atoms with Gasteiger partial charge >= 0.3 is 5.76 Å². The molecule has 0 aromatic carbocycles. The van der Waals surface area contributed by atoms with Crippen LogP contribution in [0.5, 0.6) is 0 Å². The molecule has 0 aliphatic rings. The summed E-state index contributed by atoms with van der Waals surface area (Å²) in [4.78, 5) is 0.0758. The topological polar surface area (TPSA) is 72.6 Å². The molecule has 9 heteroatoms. The highest BCUT2D eigenvalue weighted by Crippen LogP contribution is 2.12. The molecule has 0 saturated heterocycles. The number of nitrogens with two attached hydrogens (primary N) is 1. The average molecular weight is 276 g/mol. The molecule has 0 aliphatic carbocycles. The van der Waals surface area contributed by atoms with Crippen LogP contribution in [0.25, 0.3) is 0 Å². The van der Waals surface area contributed by atoms with Crippen molar-refractivity contribution in [2.45, 2.75) is 12.2 Å². The minimum atomic E-state index is -4.60. The van der Waals surface area contributed by atoms with Crippen LogP contribution >= 0.6 is 12.2 Å². The Morgan fingerprint density at radius 3 is 2.44 bits per heavy atom. The maximum atomic E-state index is 12.3. The van der Waals surface area contributed by atoms with Crippen LogP contribution in [0.2, 0.25) is 0 Å². The van der Waals surface area contributed by atoms with Gasteiger partial charge in [-0.05, 0) is 0 Å². The molecular formula is C7H14F2N2O3S2. The van der Waals surface area contributed by atoms with Crippen LogP contribution in [0.3, 0.4) is 0 Å². The number of methoxy groups -OCH3 is 1. The summed E-state index contributed by atoms with van der Waals surface area (Å²) in [7, 11) is -3.25. The van der Waals surface area contributed by atoms with Crippen molar-refractivity contribution in [3.05, 3.63) is 0 Å². The van der Waals surface area contributed by atoms with E-state index in [1.165, 1.54) is 7.11 Å². The van der Waals surface area contributed by atoms with Gasteiger partial charge in [0.1, 0.15) is 0 Å². The fourth-order valence-corrected chi connectivity index (χ4v) is 1.90. The zero-order valence-corrected chi connectivity index (χ0v) is 10.4. The molecule has 0 heterocycles. The SMILES string of the molecule is COCCN(CCC(N)=S)S(=O)(=O)C(F)F. The van der Waals surface area contributed by atoms with E-state index >= 15 is 0 Å². The van der Waals surface area contributed by atoms with Crippen LogP contribution in [0, 0.1) is 0 Å². The monoisotopic (exact) mass is 276 g/mol. The second-order valence-electron chi connectivity index (χ2n) is 2.91. The van der Waals surface area contributed by atoms with Crippen molar-refractivity contribution in [1.82, 2.24) is 4.31 Å². The van der Waals surface area contributed by atoms with Crippen molar-refractivity contribution in [2.75, 3.05) is 26.8 Å².